The Morgan fingerprint density at radius 1 is 0.582 bits per heavy atom. The van der Waals surface area contributed by atoms with Crippen LogP contribution in [-0.4, -0.2) is 106 Å². The van der Waals surface area contributed by atoms with Crippen molar-refractivity contribution in [1.82, 2.24) is 31.9 Å². The van der Waals surface area contributed by atoms with E-state index in [2.05, 4.69) is 31.9 Å². The van der Waals surface area contributed by atoms with E-state index in [0.29, 0.717) is 5.56 Å². The van der Waals surface area contributed by atoms with Gasteiger partial charge >= 0.3 is 5.97 Å². The highest BCUT2D eigenvalue weighted by Gasteiger charge is 2.36. The molecule has 7 amide bonds. The lowest BCUT2D eigenvalue weighted by molar-refractivity contribution is -0.143. The molecule has 1 aromatic carbocycles. The van der Waals surface area contributed by atoms with Gasteiger partial charge in [-0.05, 0) is 50.0 Å². The van der Waals surface area contributed by atoms with Gasteiger partial charge in [-0.3, -0.25) is 33.6 Å². The molecule has 0 fully saturated rings. The summed E-state index contributed by atoms with van der Waals surface area (Å²) in [5.74, 6) is -8.18. The van der Waals surface area contributed by atoms with E-state index in [1.54, 1.807) is 71.9 Å². The zero-order valence-corrected chi connectivity index (χ0v) is 32.9. The van der Waals surface area contributed by atoms with Crippen LogP contribution in [0.5, 0.6) is 0 Å². The molecule has 1 aromatic rings. The van der Waals surface area contributed by atoms with Gasteiger partial charge < -0.3 is 53.6 Å². The summed E-state index contributed by atoms with van der Waals surface area (Å²) in [6.07, 6.45) is -2.08. The molecule has 0 aliphatic rings. The molecule has 0 spiro atoms. The molecule has 0 bridgehead atoms. The number of carbonyl (C=O) groups is 8. The number of aliphatic hydroxyl groups is 1. The van der Waals surface area contributed by atoms with Crippen LogP contribution in [0, 0.1) is 17.8 Å². The molecule has 0 saturated heterocycles. The molecule has 0 heterocycles. The van der Waals surface area contributed by atoms with Crippen molar-refractivity contribution >= 4 is 47.3 Å². The molecule has 0 aromatic heterocycles. The number of benzene rings is 1. The van der Waals surface area contributed by atoms with Gasteiger partial charge in [0.1, 0.15) is 36.3 Å². The minimum Gasteiger partial charge on any atom is -0.480 e. The Bertz CT molecular complexity index is 1490. The zero-order valence-electron chi connectivity index (χ0n) is 32.9. The molecule has 308 valence electrons. The fraction of sp³-hybridized carbons (Fsp3) is 0.622. The second kappa shape index (κ2) is 23.0. The number of primary amides is 1. The normalized spacial score (nSPS) is 15.7. The summed E-state index contributed by atoms with van der Waals surface area (Å²) in [4.78, 5) is 104. The summed E-state index contributed by atoms with van der Waals surface area (Å²) in [6, 6.07) is -0.430. The molecule has 18 nitrogen and oxygen atoms in total. The predicted molar refractivity (Wildman–Crippen MR) is 202 cm³/mol. The number of aliphatic hydroxyl groups excluding tert-OH is 1. The lowest BCUT2D eigenvalue weighted by Gasteiger charge is -2.29. The van der Waals surface area contributed by atoms with Crippen LogP contribution in [0.2, 0.25) is 0 Å². The molecule has 0 unspecified atom stereocenters. The van der Waals surface area contributed by atoms with Gasteiger partial charge in [0.2, 0.25) is 41.4 Å². The van der Waals surface area contributed by atoms with Crippen LogP contribution in [0.1, 0.15) is 80.2 Å². The van der Waals surface area contributed by atoms with E-state index < -0.39 is 108 Å². The van der Waals surface area contributed by atoms with E-state index in [-0.39, 0.29) is 31.1 Å². The Labute approximate surface area is 322 Å². The van der Waals surface area contributed by atoms with Gasteiger partial charge in [-0.25, -0.2) is 4.79 Å². The van der Waals surface area contributed by atoms with Crippen molar-refractivity contribution in [3.63, 3.8) is 0 Å². The number of carboxylic acid groups (broad SMARTS) is 1. The number of nitrogens with two attached hydrogens (primary N) is 2. The summed E-state index contributed by atoms with van der Waals surface area (Å²) in [6.45, 7) is 12.9. The average molecular weight is 777 g/mol. The minimum atomic E-state index is -1.71. The fourth-order valence-corrected chi connectivity index (χ4v) is 5.41. The molecule has 55 heavy (non-hydrogen) atoms. The van der Waals surface area contributed by atoms with E-state index in [1.807, 2.05) is 0 Å². The summed E-state index contributed by atoms with van der Waals surface area (Å²) in [5, 5.41) is 34.9. The maximum absolute atomic E-state index is 13.7. The lowest BCUT2D eigenvalue weighted by atomic mass is 9.99. The maximum Gasteiger partial charge on any atom is 0.326 e. The van der Waals surface area contributed by atoms with E-state index in [9.17, 15) is 48.6 Å². The van der Waals surface area contributed by atoms with Crippen molar-refractivity contribution in [2.24, 2.45) is 29.2 Å². The minimum absolute atomic E-state index is 0.0637. The second-order valence-electron chi connectivity index (χ2n) is 14.9. The van der Waals surface area contributed by atoms with Crippen molar-refractivity contribution in [2.45, 2.75) is 129 Å². The van der Waals surface area contributed by atoms with Crippen molar-refractivity contribution in [3.8, 4) is 0 Å². The number of rotatable bonds is 23. The third-order valence-corrected chi connectivity index (χ3v) is 8.34. The third-order valence-electron chi connectivity index (χ3n) is 8.34. The predicted octanol–water partition coefficient (Wildman–Crippen LogP) is -1.43. The highest BCUT2D eigenvalue weighted by atomic mass is 16.4. The summed E-state index contributed by atoms with van der Waals surface area (Å²) in [5.41, 5.74) is 11.8. The molecule has 0 saturated carbocycles. The monoisotopic (exact) mass is 776 g/mol. The third kappa shape index (κ3) is 17.3. The van der Waals surface area contributed by atoms with E-state index in [4.69, 9.17) is 11.5 Å². The van der Waals surface area contributed by atoms with Crippen molar-refractivity contribution < 1.29 is 48.6 Å². The van der Waals surface area contributed by atoms with Gasteiger partial charge in [0, 0.05) is 6.42 Å². The molecule has 0 radical (unpaired) electrons. The smallest absolute Gasteiger partial charge is 0.326 e. The van der Waals surface area contributed by atoms with Crippen LogP contribution < -0.4 is 43.4 Å². The van der Waals surface area contributed by atoms with Crippen LogP contribution in [-0.2, 0) is 44.8 Å². The molecule has 8 atom stereocenters. The molecule has 0 aliphatic carbocycles. The SMILES string of the molecule is CC(C)C[C@H](NC(=O)[C@H](Cc1ccccc1)NC(=O)[C@H](C)N)C(=O)N[C@@H](CC(N)=O)C(=O)N[C@H](C(=O)N[C@@H](CC(C)C)C(=O)N[C@H](C(=O)O)C(C)C)[C@@H](C)O. The second-order valence-corrected chi connectivity index (χ2v) is 14.9. The first-order valence-electron chi connectivity index (χ1n) is 18.3. The molecule has 0 aliphatic heterocycles. The molecular weight excluding hydrogens is 716 g/mol. The van der Waals surface area contributed by atoms with Crippen LogP contribution >= 0.6 is 0 Å². The number of carboxylic acids is 1. The molecular formula is C37H60N8O10. The van der Waals surface area contributed by atoms with Crippen LogP contribution in [0.15, 0.2) is 30.3 Å². The Balaban J connectivity index is 3.31. The summed E-state index contributed by atoms with van der Waals surface area (Å²) in [7, 11) is 0. The molecule has 12 N–H and O–H groups in total. The van der Waals surface area contributed by atoms with Gasteiger partial charge in [0.15, 0.2) is 0 Å². The zero-order chi connectivity index (χ0) is 42.2. The Morgan fingerprint density at radius 3 is 1.44 bits per heavy atom. The van der Waals surface area contributed by atoms with Crippen LogP contribution in [0.25, 0.3) is 0 Å². The number of amides is 7. The van der Waals surface area contributed by atoms with Crippen molar-refractivity contribution in [2.75, 3.05) is 0 Å². The quantitative estimate of drug-likeness (QED) is 0.0615. The number of aliphatic carboxylic acids is 1. The lowest BCUT2D eigenvalue weighted by Crippen LogP contribution is -2.62. The average Bonchev–Trinajstić information content (AvgIpc) is 3.07. The highest BCUT2D eigenvalue weighted by Crippen LogP contribution is 2.11. The Kier molecular flexibility index (Phi) is 20.0. The van der Waals surface area contributed by atoms with Crippen LogP contribution in [0.3, 0.4) is 0 Å². The Hall–Kier alpha value is -5.10. The number of hydrogen-bond donors (Lipinski definition) is 10. The van der Waals surface area contributed by atoms with Crippen molar-refractivity contribution in [3.05, 3.63) is 35.9 Å². The van der Waals surface area contributed by atoms with Gasteiger partial charge in [-0.15, -0.1) is 0 Å². The first-order valence-corrected chi connectivity index (χ1v) is 18.3. The van der Waals surface area contributed by atoms with Gasteiger partial charge in [0.25, 0.3) is 0 Å². The maximum atomic E-state index is 13.7. The highest BCUT2D eigenvalue weighted by molar-refractivity contribution is 5.98. The fourth-order valence-electron chi connectivity index (χ4n) is 5.41. The Morgan fingerprint density at radius 2 is 1.00 bits per heavy atom. The standard InChI is InChI=1S/C37H60N8O10/c1-18(2)14-24(41-33(50)26(40-31(48)21(7)38)16-23-12-10-9-11-13-23)32(49)42-27(17-28(39)47)35(52)45-30(22(8)46)36(53)43-25(15-19(3)4)34(51)44-29(20(5)6)37(54)55/h9-13,18-22,24-27,29-30,46H,14-17,38H2,1-8H3,(H2,39,47)(H,40,48)(H,41,50)(H,42,49)(H,43,53)(H,44,51)(H,45,52)(H,54,55)/t21-,22+,24-,25-,26-,27-,29-,30-/m0/s1. The largest absolute Gasteiger partial charge is 0.480 e. The molecule has 1 rings (SSSR count). The summed E-state index contributed by atoms with van der Waals surface area (Å²) < 4.78 is 0. The topological polar surface area (TPSA) is 301 Å². The van der Waals surface area contributed by atoms with E-state index in [0.717, 1.165) is 0 Å². The first-order chi connectivity index (χ1) is 25.5. The van der Waals surface area contributed by atoms with E-state index in [1.165, 1.54) is 13.8 Å². The molecule has 18 heteroatoms. The number of nitrogens with one attached hydrogen (secondary N) is 6. The number of hydrogen-bond acceptors (Lipinski definition) is 10. The first kappa shape index (κ1) is 47.9. The van der Waals surface area contributed by atoms with Crippen LogP contribution in [0.4, 0.5) is 0 Å². The van der Waals surface area contributed by atoms with Gasteiger partial charge in [-0.1, -0.05) is 71.9 Å². The number of carbonyl (C=O) groups excluding carboxylic acids is 7. The summed E-state index contributed by atoms with van der Waals surface area (Å²) >= 11 is 0. The van der Waals surface area contributed by atoms with Gasteiger partial charge in [0.05, 0.1) is 18.6 Å². The van der Waals surface area contributed by atoms with E-state index >= 15 is 0 Å². The van der Waals surface area contributed by atoms with Gasteiger partial charge in [-0.2, -0.15) is 0 Å². The van der Waals surface area contributed by atoms with Crippen molar-refractivity contribution in [1.29, 1.82) is 0 Å².